The molecule has 6 heteroatoms. The van der Waals surface area contributed by atoms with Gasteiger partial charge in [0.05, 0.1) is 0 Å². The van der Waals surface area contributed by atoms with Crippen molar-refractivity contribution in [3.8, 4) is 0 Å². The van der Waals surface area contributed by atoms with Gasteiger partial charge in [0.15, 0.2) is 6.10 Å². The summed E-state index contributed by atoms with van der Waals surface area (Å²) < 4.78 is 16.7. The highest BCUT2D eigenvalue weighted by Gasteiger charge is 2.19. The first-order valence-corrected chi connectivity index (χ1v) is 25.8. The maximum atomic E-state index is 12.7. The van der Waals surface area contributed by atoms with Gasteiger partial charge in [-0.2, -0.15) is 0 Å². The molecule has 0 aliphatic rings. The van der Waals surface area contributed by atoms with Crippen LogP contribution in [0.3, 0.4) is 0 Å². The van der Waals surface area contributed by atoms with Crippen LogP contribution in [-0.2, 0) is 28.6 Å². The molecule has 0 aromatic heterocycles. The molecule has 59 heavy (non-hydrogen) atoms. The van der Waals surface area contributed by atoms with Crippen molar-refractivity contribution >= 4 is 17.9 Å². The second-order valence-corrected chi connectivity index (χ2v) is 17.4. The zero-order chi connectivity index (χ0) is 43.0. The Bertz CT molecular complexity index is 958. The second-order valence-electron chi connectivity index (χ2n) is 17.4. The zero-order valence-corrected chi connectivity index (χ0v) is 39.5. The Morgan fingerprint density at radius 1 is 0.356 bits per heavy atom. The van der Waals surface area contributed by atoms with Crippen LogP contribution in [0.2, 0.25) is 0 Å². The maximum absolute atomic E-state index is 12.7. The molecule has 0 aliphatic heterocycles. The highest BCUT2D eigenvalue weighted by atomic mass is 16.6. The molecule has 0 heterocycles. The lowest BCUT2D eigenvalue weighted by atomic mass is 10.0. The molecular formula is C53H98O6. The molecule has 0 radical (unpaired) electrons. The fourth-order valence-electron chi connectivity index (χ4n) is 7.60. The van der Waals surface area contributed by atoms with Crippen molar-refractivity contribution in [3.05, 3.63) is 24.3 Å². The number of allylic oxidation sites excluding steroid dienone is 4. The molecular weight excluding hydrogens is 733 g/mol. The lowest BCUT2D eigenvalue weighted by Gasteiger charge is -2.18. The van der Waals surface area contributed by atoms with E-state index in [-0.39, 0.29) is 31.1 Å². The summed E-state index contributed by atoms with van der Waals surface area (Å²) in [6.07, 6.45) is 54.7. The Balaban J connectivity index is 4.24. The summed E-state index contributed by atoms with van der Waals surface area (Å²) in [6.45, 7) is 6.51. The molecule has 0 aliphatic carbocycles. The van der Waals surface area contributed by atoms with E-state index in [1.54, 1.807) is 0 Å². The van der Waals surface area contributed by atoms with Crippen molar-refractivity contribution in [2.45, 2.75) is 284 Å². The topological polar surface area (TPSA) is 78.9 Å². The third-order valence-corrected chi connectivity index (χ3v) is 11.5. The van der Waals surface area contributed by atoms with Crippen LogP contribution < -0.4 is 0 Å². The van der Waals surface area contributed by atoms with Gasteiger partial charge in [-0.05, 0) is 44.9 Å². The van der Waals surface area contributed by atoms with Crippen molar-refractivity contribution in [3.63, 3.8) is 0 Å². The number of rotatable bonds is 47. The standard InChI is InChI=1S/C53H98O6/c1-4-7-10-13-16-19-21-23-24-25-26-27-28-30-31-34-37-40-43-46-52(55)58-49-50(48-57-51(54)45-42-39-36-33-18-15-12-9-6-3)59-53(56)47-44-41-38-35-32-29-22-20-17-14-11-8-5-2/h9,12,18,33,50H,4-8,10-11,13-17,19-32,34-49H2,1-3H3/b12-9-,33-18-. The summed E-state index contributed by atoms with van der Waals surface area (Å²) in [5.41, 5.74) is 0. The number of ether oxygens (including phenoxy) is 3. The van der Waals surface area contributed by atoms with Crippen LogP contribution in [0.15, 0.2) is 24.3 Å². The van der Waals surface area contributed by atoms with E-state index >= 15 is 0 Å². The first kappa shape index (κ1) is 56.9. The van der Waals surface area contributed by atoms with Gasteiger partial charge in [0.2, 0.25) is 0 Å². The molecule has 0 amide bonds. The summed E-state index contributed by atoms with van der Waals surface area (Å²) >= 11 is 0. The van der Waals surface area contributed by atoms with E-state index in [0.717, 1.165) is 70.6 Å². The summed E-state index contributed by atoms with van der Waals surface area (Å²) in [5.74, 6) is -0.901. The summed E-state index contributed by atoms with van der Waals surface area (Å²) in [5, 5.41) is 0. The van der Waals surface area contributed by atoms with Gasteiger partial charge >= 0.3 is 17.9 Å². The highest BCUT2D eigenvalue weighted by Crippen LogP contribution is 2.16. The quantitative estimate of drug-likeness (QED) is 0.0263. The van der Waals surface area contributed by atoms with E-state index in [9.17, 15) is 14.4 Å². The summed E-state index contributed by atoms with van der Waals surface area (Å²) in [7, 11) is 0. The van der Waals surface area contributed by atoms with E-state index in [1.165, 1.54) is 167 Å². The largest absolute Gasteiger partial charge is 0.462 e. The zero-order valence-electron chi connectivity index (χ0n) is 39.5. The molecule has 0 saturated heterocycles. The van der Waals surface area contributed by atoms with Gasteiger partial charge in [-0.1, -0.05) is 238 Å². The van der Waals surface area contributed by atoms with E-state index in [2.05, 4.69) is 45.1 Å². The van der Waals surface area contributed by atoms with E-state index in [4.69, 9.17) is 14.2 Å². The molecule has 0 aromatic carbocycles. The first-order valence-electron chi connectivity index (χ1n) is 25.8. The molecule has 1 unspecified atom stereocenters. The highest BCUT2D eigenvalue weighted by molar-refractivity contribution is 5.71. The van der Waals surface area contributed by atoms with Crippen molar-refractivity contribution in [1.82, 2.24) is 0 Å². The Hall–Kier alpha value is -2.11. The van der Waals surface area contributed by atoms with Crippen molar-refractivity contribution in [2.24, 2.45) is 0 Å². The van der Waals surface area contributed by atoms with Gasteiger partial charge in [0.25, 0.3) is 0 Å². The predicted molar refractivity (Wildman–Crippen MR) is 252 cm³/mol. The molecule has 0 fully saturated rings. The minimum absolute atomic E-state index is 0.0765. The Morgan fingerprint density at radius 3 is 1.02 bits per heavy atom. The van der Waals surface area contributed by atoms with Crippen LogP contribution in [0.4, 0.5) is 0 Å². The molecule has 1 atom stereocenters. The maximum Gasteiger partial charge on any atom is 0.306 e. The average molecular weight is 831 g/mol. The number of unbranched alkanes of at least 4 members (excludes halogenated alkanes) is 32. The fraction of sp³-hybridized carbons (Fsp3) is 0.868. The summed E-state index contributed by atoms with van der Waals surface area (Å²) in [6, 6.07) is 0. The van der Waals surface area contributed by atoms with Crippen LogP contribution in [0.5, 0.6) is 0 Å². The molecule has 0 aromatic rings. The SMILES string of the molecule is CC/C=C\C/C=C\CCCCC(=O)OCC(COC(=O)CCCCCCCCCCCCCCCCCCCCC)OC(=O)CCCCCCCCCCCCCCC. The molecule has 0 rings (SSSR count). The monoisotopic (exact) mass is 831 g/mol. The van der Waals surface area contributed by atoms with Gasteiger partial charge < -0.3 is 14.2 Å². The van der Waals surface area contributed by atoms with Crippen LogP contribution >= 0.6 is 0 Å². The lowest BCUT2D eigenvalue weighted by Crippen LogP contribution is -2.30. The van der Waals surface area contributed by atoms with Gasteiger partial charge in [-0.25, -0.2) is 0 Å². The third-order valence-electron chi connectivity index (χ3n) is 11.5. The van der Waals surface area contributed by atoms with E-state index < -0.39 is 6.10 Å². The molecule has 0 saturated carbocycles. The smallest absolute Gasteiger partial charge is 0.306 e. The number of hydrogen-bond acceptors (Lipinski definition) is 6. The average Bonchev–Trinajstić information content (AvgIpc) is 3.23. The number of carbonyl (C=O) groups excluding carboxylic acids is 3. The van der Waals surface area contributed by atoms with Crippen LogP contribution in [-0.4, -0.2) is 37.2 Å². The van der Waals surface area contributed by atoms with Crippen LogP contribution in [0, 0.1) is 0 Å². The molecule has 0 N–H and O–H groups in total. The van der Waals surface area contributed by atoms with Gasteiger partial charge in [-0.15, -0.1) is 0 Å². The normalized spacial score (nSPS) is 12.1. The number of carbonyl (C=O) groups is 3. The Labute approximate surface area is 366 Å². The number of hydrogen-bond donors (Lipinski definition) is 0. The van der Waals surface area contributed by atoms with Crippen molar-refractivity contribution in [1.29, 1.82) is 0 Å². The summed E-state index contributed by atoms with van der Waals surface area (Å²) in [4.78, 5) is 37.8. The Kier molecular flexibility index (Phi) is 46.8. The van der Waals surface area contributed by atoms with Crippen LogP contribution in [0.1, 0.15) is 278 Å². The molecule has 6 nitrogen and oxygen atoms in total. The third kappa shape index (κ3) is 46.8. The van der Waals surface area contributed by atoms with Crippen molar-refractivity contribution < 1.29 is 28.6 Å². The van der Waals surface area contributed by atoms with Gasteiger partial charge in [0.1, 0.15) is 13.2 Å². The van der Waals surface area contributed by atoms with E-state index in [0.29, 0.717) is 19.3 Å². The first-order chi connectivity index (χ1) is 29.0. The predicted octanol–water partition coefficient (Wildman–Crippen LogP) is 16.8. The second kappa shape index (κ2) is 48.6. The number of esters is 3. The molecule has 0 spiro atoms. The lowest BCUT2D eigenvalue weighted by molar-refractivity contribution is -0.167. The minimum atomic E-state index is -0.776. The molecule has 0 bridgehead atoms. The fourth-order valence-corrected chi connectivity index (χ4v) is 7.60. The van der Waals surface area contributed by atoms with Gasteiger partial charge in [0, 0.05) is 19.3 Å². The minimum Gasteiger partial charge on any atom is -0.462 e. The van der Waals surface area contributed by atoms with Crippen molar-refractivity contribution in [2.75, 3.05) is 13.2 Å². The van der Waals surface area contributed by atoms with E-state index in [1.807, 2.05) is 0 Å². The molecule has 346 valence electrons. The Morgan fingerprint density at radius 2 is 0.661 bits per heavy atom. The van der Waals surface area contributed by atoms with Gasteiger partial charge in [-0.3, -0.25) is 14.4 Å². The van der Waals surface area contributed by atoms with Crippen LogP contribution in [0.25, 0.3) is 0 Å².